The molecule has 18 aromatic carbocycles. The van der Waals surface area contributed by atoms with E-state index in [1.165, 1.54) is 229 Å². The SMILES string of the molecule is CC1(c2ccccc2)c2ccccc2-c2ccc(N(c3ccc4c(c3)C3(c5ccccc5-4)C4CC5CC(C4)C(c4ccc6c(c4)C(C)(c4ccccc4)c4cc(N(c7ccc8c(c7)C7(CCCCC7)c7ccccc7-8)c7ccccc7-c7ccccc7-c7ccccc7-c7ccccc7)ccc4-6)C3C5)c3ccccc3-c3ccccc3-c3ccccc3-c3ccccc3)cc21. The van der Waals surface area contributed by atoms with Crippen molar-refractivity contribution in [3.63, 3.8) is 0 Å². The zero-order chi connectivity index (χ0) is 86.0. The Morgan fingerprint density at radius 1 is 0.231 bits per heavy atom. The second kappa shape index (κ2) is 30.1. The van der Waals surface area contributed by atoms with E-state index in [1.807, 2.05) is 0 Å². The molecule has 2 nitrogen and oxygen atoms in total. The third kappa shape index (κ3) is 11.4. The molecular weight excluding hydrogens is 1570 g/mol. The second-order valence-corrected chi connectivity index (χ2v) is 38.9. The van der Waals surface area contributed by atoms with Crippen LogP contribution >= 0.6 is 0 Å². The van der Waals surface area contributed by atoms with Gasteiger partial charge < -0.3 is 9.80 Å². The summed E-state index contributed by atoms with van der Waals surface area (Å²) in [6, 6.07) is 167. The first-order chi connectivity index (χ1) is 64.2. The molecule has 9 aliphatic rings. The van der Waals surface area contributed by atoms with Crippen LogP contribution < -0.4 is 9.80 Å². The molecule has 0 saturated heterocycles. The normalized spacial score (nSPS) is 20.8. The minimum absolute atomic E-state index is 0.0451. The van der Waals surface area contributed by atoms with Gasteiger partial charge in [-0.15, -0.1) is 0 Å². The third-order valence-corrected chi connectivity index (χ3v) is 32.8. The lowest BCUT2D eigenvalue weighted by Gasteiger charge is -2.64. The maximum absolute atomic E-state index is 2.78. The molecule has 4 bridgehead atoms. The fraction of sp³-hybridized carbons (Fsp3) is 0.156. The molecule has 0 aliphatic heterocycles. The lowest BCUT2D eigenvalue weighted by Crippen LogP contribution is -2.58. The zero-order valence-corrected chi connectivity index (χ0v) is 73.6. The average Bonchev–Trinajstić information content (AvgIpc) is 1.31. The third-order valence-electron chi connectivity index (χ3n) is 32.8. The molecule has 0 radical (unpaired) electrons. The molecule has 0 heterocycles. The largest absolute Gasteiger partial charge is 0.310 e. The van der Waals surface area contributed by atoms with Gasteiger partial charge in [0, 0.05) is 55.5 Å². The molecule has 2 spiro atoms. The predicted molar refractivity (Wildman–Crippen MR) is 540 cm³/mol. The van der Waals surface area contributed by atoms with Crippen LogP contribution in [0, 0.1) is 23.7 Å². The van der Waals surface area contributed by atoms with Gasteiger partial charge >= 0.3 is 0 Å². The van der Waals surface area contributed by atoms with Gasteiger partial charge in [-0.3, -0.25) is 0 Å². The molecule has 622 valence electrons. The maximum Gasteiger partial charge on any atom is 0.0540 e. The fourth-order valence-corrected chi connectivity index (χ4v) is 27.4. The smallest absolute Gasteiger partial charge is 0.0540 e. The van der Waals surface area contributed by atoms with Crippen LogP contribution in [-0.2, 0) is 21.7 Å². The van der Waals surface area contributed by atoms with Crippen LogP contribution in [0.2, 0.25) is 0 Å². The number of benzene rings is 18. The lowest BCUT2D eigenvalue weighted by molar-refractivity contribution is -0.0594. The molecule has 18 aromatic rings. The first-order valence-corrected chi connectivity index (χ1v) is 47.6. The molecule has 2 heteroatoms. The molecule has 0 N–H and O–H groups in total. The minimum atomic E-state index is -0.530. The summed E-state index contributed by atoms with van der Waals surface area (Å²) in [4.78, 5) is 5.33. The van der Waals surface area contributed by atoms with Crippen LogP contribution in [0.4, 0.5) is 34.1 Å². The number of hydrogen-bond acceptors (Lipinski definition) is 2. The van der Waals surface area contributed by atoms with Gasteiger partial charge in [0.2, 0.25) is 0 Å². The second-order valence-electron chi connectivity index (χ2n) is 38.9. The van der Waals surface area contributed by atoms with Crippen LogP contribution in [0.3, 0.4) is 0 Å². The van der Waals surface area contributed by atoms with Gasteiger partial charge in [-0.25, -0.2) is 0 Å². The van der Waals surface area contributed by atoms with Crippen LogP contribution in [0.5, 0.6) is 0 Å². The van der Waals surface area contributed by atoms with Crippen molar-refractivity contribution in [3.8, 4) is 111 Å². The monoisotopic (exact) mass is 1660 g/mol. The molecular formula is C128H100N2. The summed E-state index contributed by atoms with van der Waals surface area (Å²) in [5, 5.41) is 0. The number of fused-ring (bicyclic) bond motifs is 14. The molecule has 5 saturated carbocycles. The molecule has 8 unspecified atom stereocenters. The lowest BCUT2D eigenvalue weighted by atomic mass is 9.39. The van der Waals surface area contributed by atoms with E-state index >= 15 is 0 Å². The number of anilines is 6. The number of rotatable bonds is 15. The Hall–Kier alpha value is -14.4. The van der Waals surface area contributed by atoms with Crippen LogP contribution in [0.15, 0.2) is 431 Å². The first kappa shape index (κ1) is 76.8. The van der Waals surface area contributed by atoms with E-state index in [-0.39, 0.29) is 10.8 Å². The Bertz CT molecular complexity index is 7560. The topological polar surface area (TPSA) is 6.48 Å². The Morgan fingerprint density at radius 2 is 0.562 bits per heavy atom. The van der Waals surface area contributed by atoms with Crippen molar-refractivity contribution in [3.05, 3.63) is 492 Å². The number of nitrogens with zero attached hydrogens (tertiary/aromatic N) is 2. The van der Waals surface area contributed by atoms with E-state index in [9.17, 15) is 0 Å². The summed E-state index contributed by atoms with van der Waals surface area (Å²) in [5.74, 6) is 2.35. The van der Waals surface area contributed by atoms with Gasteiger partial charge in [-0.05, 0) is 304 Å². The van der Waals surface area contributed by atoms with Crippen molar-refractivity contribution in [2.24, 2.45) is 23.7 Å². The fourth-order valence-electron chi connectivity index (χ4n) is 27.4. The zero-order valence-electron chi connectivity index (χ0n) is 73.6. The van der Waals surface area contributed by atoms with Crippen molar-refractivity contribution in [2.45, 2.75) is 99.2 Å². The van der Waals surface area contributed by atoms with Crippen LogP contribution in [0.1, 0.15) is 139 Å². The van der Waals surface area contributed by atoms with Gasteiger partial charge in [0.05, 0.1) is 11.4 Å². The summed E-state index contributed by atoms with van der Waals surface area (Å²) in [6.07, 6.45) is 11.0. The summed E-state index contributed by atoms with van der Waals surface area (Å²) >= 11 is 0. The molecule has 130 heavy (non-hydrogen) atoms. The minimum Gasteiger partial charge on any atom is -0.310 e. The highest BCUT2D eigenvalue weighted by Gasteiger charge is 2.65. The van der Waals surface area contributed by atoms with E-state index in [1.54, 1.807) is 0 Å². The van der Waals surface area contributed by atoms with E-state index in [0.717, 1.165) is 35.6 Å². The van der Waals surface area contributed by atoms with Gasteiger partial charge in [0.15, 0.2) is 0 Å². The number of hydrogen-bond donors (Lipinski definition) is 0. The Balaban J connectivity index is 0.636. The van der Waals surface area contributed by atoms with E-state index in [2.05, 4.69) is 454 Å². The van der Waals surface area contributed by atoms with E-state index in [4.69, 9.17) is 0 Å². The molecule has 0 aromatic heterocycles. The van der Waals surface area contributed by atoms with Crippen molar-refractivity contribution in [2.75, 3.05) is 9.80 Å². The Kier molecular flexibility index (Phi) is 17.8. The molecule has 5 fully saturated rings. The number of para-hydroxylation sites is 2. The predicted octanol–water partition coefficient (Wildman–Crippen LogP) is 33.6. The van der Waals surface area contributed by atoms with Crippen molar-refractivity contribution >= 4 is 34.1 Å². The first-order valence-electron chi connectivity index (χ1n) is 47.6. The van der Waals surface area contributed by atoms with Crippen molar-refractivity contribution < 1.29 is 0 Å². The van der Waals surface area contributed by atoms with Crippen molar-refractivity contribution in [1.29, 1.82) is 0 Å². The molecule has 27 rings (SSSR count). The molecule has 8 atom stereocenters. The van der Waals surface area contributed by atoms with Gasteiger partial charge in [0.25, 0.3) is 0 Å². The van der Waals surface area contributed by atoms with E-state index < -0.39 is 10.8 Å². The quantitative estimate of drug-likeness (QED) is 0.101. The maximum atomic E-state index is 2.78. The average molecular weight is 1670 g/mol. The highest BCUT2D eigenvalue weighted by atomic mass is 15.2. The summed E-state index contributed by atoms with van der Waals surface area (Å²) in [5.41, 5.74) is 46.6. The summed E-state index contributed by atoms with van der Waals surface area (Å²) < 4.78 is 0. The Morgan fingerprint density at radius 3 is 1.05 bits per heavy atom. The molecule has 9 aliphatic carbocycles. The molecule has 0 amide bonds. The van der Waals surface area contributed by atoms with Crippen LogP contribution in [-0.4, -0.2) is 0 Å². The van der Waals surface area contributed by atoms with Gasteiger partial charge in [0.1, 0.15) is 0 Å². The van der Waals surface area contributed by atoms with Crippen LogP contribution in [0.25, 0.3) is 111 Å². The summed E-state index contributed by atoms with van der Waals surface area (Å²) in [6.45, 7) is 5.05. The Labute approximate surface area is 764 Å². The standard InChI is InChI=1S/C128H100N2/c1-125(88-40-12-5-13-41-88)113-57-29-24-52-103(113)107-68-63-91(79-117(107)125)130(123-61-33-28-56-112(123)102-51-23-21-49-100(102)98-47-19-17-45-96(98)85-38-10-4-11-39-85)94-66-71-110-105-54-26-31-59-115(105)128(120(110)82-94)90-75-83-74-87(77-90)124(121(128)76-83)86-62-67-106-108-69-64-92(80-118(108)126(2,116(106)78-86)89-42-14-6-15-43-89)129(93-65-70-109-104-53-25-30-58-114(104)127(119(109)81-93)72-34-7-35-73-127)122-60-32-27-55-111(122)101-50-22-20-48-99(101)97-46-18-16-44-95(97)84-36-8-3-9-37-84/h3-6,8-33,36-71,78-83,87,90,121,124H,7,34-35,72-77H2,1-2H3. The van der Waals surface area contributed by atoms with Crippen molar-refractivity contribution in [1.82, 2.24) is 0 Å². The van der Waals surface area contributed by atoms with Gasteiger partial charge in [-0.2, -0.15) is 0 Å². The van der Waals surface area contributed by atoms with Gasteiger partial charge in [-0.1, -0.05) is 389 Å². The highest BCUT2D eigenvalue weighted by molar-refractivity contribution is 6.02. The summed E-state index contributed by atoms with van der Waals surface area (Å²) in [7, 11) is 0. The highest BCUT2D eigenvalue weighted by Crippen LogP contribution is 2.74. The van der Waals surface area contributed by atoms with E-state index in [0.29, 0.717) is 29.6 Å².